The van der Waals surface area contributed by atoms with Gasteiger partial charge in [0.1, 0.15) is 0 Å². The third-order valence-corrected chi connectivity index (χ3v) is 3.96. The van der Waals surface area contributed by atoms with Gasteiger partial charge < -0.3 is 14.7 Å². The maximum atomic E-state index is 12.4. The van der Waals surface area contributed by atoms with Gasteiger partial charge in [-0.1, -0.05) is 0 Å². The van der Waals surface area contributed by atoms with E-state index in [2.05, 4.69) is 0 Å². The van der Waals surface area contributed by atoms with Crippen LogP contribution in [0, 0.1) is 0 Å². The highest BCUT2D eigenvalue weighted by Crippen LogP contribution is 2.18. The van der Waals surface area contributed by atoms with Gasteiger partial charge in [-0.05, 0) is 19.8 Å². The molecule has 108 valence electrons. The smallest absolute Gasteiger partial charge is 0.305 e. The Morgan fingerprint density at radius 1 is 1.32 bits per heavy atom. The van der Waals surface area contributed by atoms with Crippen LogP contribution in [0.4, 0.5) is 0 Å². The summed E-state index contributed by atoms with van der Waals surface area (Å²) in [4.78, 5) is 27.1. The number of likely N-dealkylation sites (tertiary alicyclic amines) is 1. The first-order valence-electron chi connectivity index (χ1n) is 6.93. The number of hydrogen-bond donors (Lipinski definition) is 1. The van der Waals surface area contributed by atoms with Gasteiger partial charge in [0.15, 0.2) is 0 Å². The summed E-state index contributed by atoms with van der Waals surface area (Å²) in [5.74, 6) is -0.726. The molecule has 0 aliphatic carbocycles. The number of carbonyl (C=O) groups is 2. The Morgan fingerprint density at radius 3 is 2.63 bits per heavy atom. The molecular formula is C13H22N2O4. The molecule has 0 radical (unpaired) electrons. The molecular weight excluding hydrogens is 248 g/mol. The van der Waals surface area contributed by atoms with E-state index in [-0.39, 0.29) is 24.4 Å². The van der Waals surface area contributed by atoms with Gasteiger partial charge in [-0.2, -0.15) is 0 Å². The molecule has 0 aromatic heterocycles. The van der Waals surface area contributed by atoms with Gasteiger partial charge in [-0.15, -0.1) is 0 Å². The lowest BCUT2D eigenvalue weighted by atomic mass is 10.1. The van der Waals surface area contributed by atoms with E-state index in [1.807, 2.05) is 16.7 Å². The van der Waals surface area contributed by atoms with E-state index < -0.39 is 5.97 Å². The summed E-state index contributed by atoms with van der Waals surface area (Å²) in [5.41, 5.74) is 0. The first-order chi connectivity index (χ1) is 9.09. The van der Waals surface area contributed by atoms with E-state index in [4.69, 9.17) is 9.84 Å². The zero-order valence-corrected chi connectivity index (χ0v) is 11.4. The van der Waals surface area contributed by atoms with Crippen molar-refractivity contribution in [2.45, 2.75) is 38.3 Å². The maximum Gasteiger partial charge on any atom is 0.305 e. The standard InChI is InChI=1S/C13H22N2O4/c1-10(13(18)14-4-2-3-5-14)15-6-7-19-9-11(15)8-12(16)17/h10-11H,2-9H2,1H3,(H,16,17). The Labute approximate surface area is 113 Å². The van der Waals surface area contributed by atoms with Gasteiger partial charge >= 0.3 is 5.97 Å². The number of carbonyl (C=O) groups excluding carboxylic acids is 1. The summed E-state index contributed by atoms with van der Waals surface area (Å²) in [5, 5.41) is 8.94. The van der Waals surface area contributed by atoms with E-state index in [9.17, 15) is 9.59 Å². The fourth-order valence-corrected chi connectivity index (χ4v) is 2.90. The second-order valence-corrected chi connectivity index (χ2v) is 5.27. The number of nitrogens with zero attached hydrogens (tertiary/aromatic N) is 2. The molecule has 2 aliphatic rings. The topological polar surface area (TPSA) is 70.1 Å². The number of morpholine rings is 1. The van der Waals surface area contributed by atoms with Crippen LogP contribution in [0.15, 0.2) is 0 Å². The van der Waals surface area contributed by atoms with Crippen molar-refractivity contribution < 1.29 is 19.4 Å². The quantitative estimate of drug-likeness (QED) is 0.788. The molecule has 2 saturated heterocycles. The maximum absolute atomic E-state index is 12.4. The molecule has 2 unspecified atom stereocenters. The summed E-state index contributed by atoms with van der Waals surface area (Å²) < 4.78 is 5.34. The van der Waals surface area contributed by atoms with Crippen molar-refractivity contribution >= 4 is 11.9 Å². The SMILES string of the molecule is CC(C(=O)N1CCCC1)N1CCOCC1CC(=O)O. The average Bonchev–Trinajstić information content (AvgIpc) is 2.91. The lowest BCUT2D eigenvalue weighted by Crippen LogP contribution is -2.55. The summed E-state index contributed by atoms with van der Waals surface area (Å²) in [6, 6.07) is -0.459. The number of amides is 1. The zero-order valence-electron chi connectivity index (χ0n) is 11.4. The third kappa shape index (κ3) is 3.45. The Hall–Kier alpha value is -1.14. The number of hydrogen-bond acceptors (Lipinski definition) is 4. The van der Waals surface area contributed by atoms with Crippen LogP contribution in [0.25, 0.3) is 0 Å². The molecule has 2 heterocycles. The minimum Gasteiger partial charge on any atom is -0.481 e. The molecule has 0 aromatic rings. The number of carboxylic acid groups (broad SMARTS) is 1. The Balaban J connectivity index is 1.99. The molecule has 0 bridgehead atoms. The largest absolute Gasteiger partial charge is 0.481 e. The van der Waals surface area contributed by atoms with Crippen LogP contribution in [-0.2, 0) is 14.3 Å². The Kier molecular flexibility index (Phi) is 4.76. The summed E-state index contributed by atoms with van der Waals surface area (Å²) in [7, 11) is 0. The zero-order chi connectivity index (χ0) is 13.8. The predicted octanol–water partition coefficient (Wildman–Crippen LogP) is 0.173. The molecule has 0 saturated carbocycles. The molecule has 6 nitrogen and oxygen atoms in total. The van der Waals surface area contributed by atoms with Crippen LogP contribution in [0.2, 0.25) is 0 Å². The van der Waals surface area contributed by atoms with Crippen LogP contribution in [0.5, 0.6) is 0 Å². The van der Waals surface area contributed by atoms with Crippen LogP contribution in [0.1, 0.15) is 26.2 Å². The molecule has 0 spiro atoms. The van der Waals surface area contributed by atoms with Gasteiger partial charge in [-0.3, -0.25) is 14.5 Å². The first kappa shape index (κ1) is 14.3. The highest BCUT2D eigenvalue weighted by molar-refractivity contribution is 5.81. The average molecular weight is 270 g/mol. The van der Waals surface area contributed by atoms with Gasteiger partial charge in [0.05, 0.1) is 25.7 Å². The molecule has 1 N–H and O–H groups in total. The molecule has 19 heavy (non-hydrogen) atoms. The van der Waals surface area contributed by atoms with Crippen molar-refractivity contribution in [2.24, 2.45) is 0 Å². The minimum absolute atomic E-state index is 0.0254. The monoisotopic (exact) mass is 270 g/mol. The van der Waals surface area contributed by atoms with E-state index in [0.29, 0.717) is 19.8 Å². The molecule has 2 fully saturated rings. The van der Waals surface area contributed by atoms with Crippen molar-refractivity contribution in [1.29, 1.82) is 0 Å². The lowest BCUT2D eigenvalue weighted by Gasteiger charge is -2.39. The normalized spacial score (nSPS) is 26.4. The van der Waals surface area contributed by atoms with E-state index >= 15 is 0 Å². The molecule has 2 rings (SSSR count). The van der Waals surface area contributed by atoms with Gasteiger partial charge in [-0.25, -0.2) is 0 Å². The first-order valence-corrected chi connectivity index (χ1v) is 6.93. The molecule has 0 aromatic carbocycles. The van der Waals surface area contributed by atoms with Gasteiger partial charge in [0.25, 0.3) is 0 Å². The molecule has 2 atom stereocenters. The third-order valence-electron chi connectivity index (χ3n) is 3.96. The summed E-state index contributed by atoms with van der Waals surface area (Å²) >= 11 is 0. The second kappa shape index (κ2) is 6.34. The highest BCUT2D eigenvalue weighted by Gasteiger charge is 2.34. The number of carboxylic acids is 1. The number of aliphatic carboxylic acids is 1. The van der Waals surface area contributed by atoms with Gasteiger partial charge in [0.2, 0.25) is 5.91 Å². The number of ether oxygens (including phenoxy) is 1. The molecule has 6 heteroatoms. The van der Waals surface area contributed by atoms with Crippen molar-refractivity contribution in [3.63, 3.8) is 0 Å². The van der Waals surface area contributed by atoms with Gasteiger partial charge in [0, 0.05) is 25.7 Å². The Morgan fingerprint density at radius 2 is 2.00 bits per heavy atom. The minimum atomic E-state index is -0.846. The number of rotatable bonds is 4. The summed E-state index contributed by atoms with van der Waals surface area (Å²) in [6.45, 7) is 5.12. The predicted molar refractivity (Wildman–Crippen MR) is 68.8 cm³/mol. The van der Waals surface area contributed by atoms with E-state index in [1.54, 1.807) is 0 Å². The fraction of sp³-hybridized carbons (Fsp3) is 0.846. The highest BCUT2D eigenvalue weighted by atomic mass is 16.5. The van der Waals surface area contributed by atoms with Crippen molar-refractivity contribution in [2.75, 3.05) is 32.8 Å². The summed E-state index contributed by atoms with van der Waals surface area (Å²) in [6.07, 6.45) is 2.16. The second-order valence-electron chi connectivity index (χ2n) is 5.27. The lowest BCUT2D eigenvalue weighted by molar-refractivity contribution is -0.146. The van der Waals surface area contributed by atoms with Crippen molar-refractivity contribution in [3.05, 3.63) is 0 Å². The van der Waals surface area contributed by atoms with Crippen LogP contribution in [0.3, 0.4) is 0 Å². The molecule has 2 aliphatic heterocycles. The molecule has 1 amide bonds. The van der Waals surface area contributed by atoms with Crippen LogP contribution >= 0.6 is 0 Å². The van der Waals surface area contributed by atoms with Crippen LogP contribution < -0.4 is 0 Å². The van der Waals surface area contributed by atoms with Crippen molar-refractivity contribution in [1.82, 2.24) is 9.80 Å². The Bertz CT molecular complexity index is 342. The van der Waals surface area contributed by atoms with E-state index in [0.717, 1.165) is 25.9 Å². The van der Waals surface area contributed by atoms with E-state index in [1.165, 1.54) is 0 Å². The van der Waals surface area contributed by atoms with Crippen LogP contribution in [-0.4, -0.2) is 71.7 Å². The van der Waals surface area contributed by atoms with Crippen molar-refractivity contribution in [3.8, 4) is 0 Å². The fourth-order valence-electron chi connectivity index (χ4n) is 2.90.